The van der Waals surface area contributed by atoms with Crippen molar-refractivity contribution in [2.45, 2.75) is 16.0 Å². The van der Waals surface area contributed by atoms with Crippen molar-refractivity contribution in [1.82, 2.24) is 18.7 Å². The predicted octanol–water partition coefficient (Wildman–Crippen LogP) is 1.83. The van der Waals surface area contributed by atoms with Gasteiger partial charge in [-0.3, -0.25) is 0 Å². The molecule has 3 aromatic heterocycles. The van der Waals surface area contributed by atoms with Gasteiger partial charge >= 0.3 is 0 Å². The normalized spacial score (nSPS) is 11.1. The summed E-state index contributed by atoms with van der Waals surface area (Å²) in [4.78, 5) is 8.56. The highest BCUT2D eigenvalue weighted by Crippen LogP contribution is 2.30. The highest BCUT2D eigenvalue weighted by Gasteiger charge is 2.13. The zero-order chi connectivity index (χ0) is 11.7. The molecule has 7 heteroatoms. The lowest BCUT2D eigenvalue weighted by Crippen LogP contribution is -1.92. The van der Waals surface area contributed by atoms with Gasteiger partial charge < -0.3 is 9.51 Å². The van der Waals surface area contributed by atoms with Crippen molar-refractivity contribution in [2.24, 2.45) is 0 Å². The highest BCUT2D eigenvalue weighted by molar-refractivity contribution is 8.00. The van der Waals surface area contributed by atoms with Crippen molar-refractivity contribution in [1.29, 1.82) is 0 Å². The van der Waals surface area contributed by atoms with Crippen LogP contribution < -0.4 is 0 Å². The molecule has 3 aromatic rings. The minimum absolute atomic E-state index is 0.0493. The van der Waals surface area contributed by atoms with Crippen LogP contribution >= 0.6 is 23.3 Å². The summed E-state index contributed by atoms with van der Waals surface area (Å²) in [7, 11) is 0. The van der Waals surface area contributed by atoms with Crippen molar-refractivity contribution in [2.75, 3.05) is 0 Å². The Balaban J connectivity index is 2.09. The summed E-state index contributed by atoms with van der Waals surface area (Å²) in [5.41, 5.74) is 1.60. The Morgan fingerprint density at radius 1 is 1.41 bits per heavy atom. The Morgan fingerprint density at radius 2 is 2.35 bits per heavy atom. The summed E-state index contributed by atoms with van der Waals surface area (Å²) in [6.45, 7) is -0.0493. The Morgan fingerprint density at radius 3 is 3.12 bits per heavy atom. The van der Waals surface area contributed by atoms with Crippen LogP contribution in [-0.4, -0.2) is 23.8 Å². The van der Waals surface area contributed by atoms with Crippen LogP contribution in [0.5, 0.6) is 0 Å². The summed E-state index contributed by atoms with van der Waals surface area (Å²) in [5.74, 6) is 0. The number of pyridine rings is 1. The van der Waals surface area contributed by atoms with Crippen LogP contribution in [0.1, 0.15) is 5.69 Å². The molecule has 3 rings (SSSR count). The maximum absolute atomic E-state index is 9.43. The van der Waals surface area contributed by atoms with Gasteiger partial charge in [-0.25, -0.2) is 9.97 Å². The first-order valence-electron chi connectivity index (χ1n) is 4.90. The van der Waals surface area contributed by atoms with Crippen LogP contribution in [0.15, 0.2) is 40.1 Å². The van der Waals surface area contributed by atoms with Crippen LogP contribution in [-0.2, 0) is 6.61 Å². The highest BCUT2D eigenvalue weighted by atomic mass is 32.2. The molecule has 0 bridgehead atoms. The number of nitrogens with zero attached hydrogens (tertiary/aromatic N) is 4. The summed E-state index contributed by atoms with van der Waals surface area (Å²) < 4.78 is 6.64. The fourth-order valence-electron chi connectivity index (χ4n) is 1.54. The monoisotopic (exact) mass is 264 g/mol. The molecule has 0 spiro atoms. The van der Waals surface area contributed by atoms with E-state index in [1.807, 2.05) is 28.8 Å². The molecule has 3 heterocycles. The lowest BCUT2D eigenvalue weighted by Gasteiger charge is -1.98. The van der Waals surface area contributed by atoms with Gasteiger partial charge in [0.15, 0.2) is 4.34 Å². The van der Waals surface area contributed by atoms with E-state index in [1.165, 1.54) is 29.6 Å². The third-order valence-corrected chi connectivity index (χ3v) is 4.00. The quantitative estimate of drug-likeness (QED) is 0.782. The molecule has 0 radical (unpaired) electrons. The van der Waals surface area contributed by atoms with Crippen LogP contribution in [0.25, 0.3) is 5.65 Å². The molecule has 0 aliphatic carbocycles. The Kier molecular flexibility index (Phi) is 2.79. The lowest BCUT2D eigenvalue weighted by molar-refractivity contribution is 0.272. The van der Waals surface area contributed by atoms with E-state index in [0.717, 1.165) is 20.7 Å². The number of aliphatic hydroxyl groups excluding tert-OH is 1. The van der Waals surface area contributed by atoms with Gasteiger partial charge in [-0.1, -0.05) is 6.07 Å². The van der Waals surface area contributed by atoms with Crippen molar-refractivity contribution < 1.29 is 5.11 Å². The van der Waals surface area contributed by atoms with Gasteiger partial charge in [-0.2, -0.15) is 4.37 Å². The van der Waals surface area contributed by atoms with Gasteiger partial charge in [0, 0.05) is 6.20 Å². The van der Waals surface area contributed by atoms with Crippen molar-refractivity contribution >= 4 is 28.9 Å². The average Bonchev–Trinajstić information content (AvgIpc) is 2.96. The lowest BCUT2D eigenvalue weighted by atomic mass is 10.4. The van der Waals surface area contributed by atoms with E-state index in [4.69, 9.17) is 0 Å². The summed E-state index contributed by atoms with van der Waals surface area (Å²) >= 11 is 2.74. The topological polar surface area (TPSA) is 63.3 Å². The molecule has 0 aliphatic rings. The van der Waals surface area contributed by atoms with Crippen molar-refractivity contribution in [3.63, 3.8) is 0 Å². The molecular formula is C10H8N4OS2. The molecule has 0 unspecified atom stereocenters. The number of rotatable bonds is 3. The Labute approximate surface area is 105 Å². The fraction of sp³-hybridized carbons (Fsp3) is 0.100. The molecule has 0 saturated heterocycles. The number of aliphatic hydroxyl groups is 1. The zero-order valence-electron chi connectivity index (χ0n) is 8.65. The Hall–Kier alpha value is -1.44. The van der Waals surface area contributed by atoms with Gasteiger partial charge in [0.05, 0.1) is 12.3 Å². The van der Waals surface area contributed by atoms with Gasteiger partial charge in [-0.05, 0) is 35.4 Å². The van der Waals surface area contributed by atoms with E-state index < -0.39 is 0 Å². The maximum atomic E-state index is 9.43. The first-order chi connectivity index (χ1) is 8.38. The molecule has 17 heavy (non-hydrogen) atoms. The molecule has 0 amide bonds. The largest absolute Gasteiger partial charge is 0.390 e. The van der Waals surface area contributed by atoms with Gasteiger partial charge in [0.1, 0.15) is 17.0 Å². The van der Waals surface area contributed by atoms with Crippen LogP contribution in [0.3, 0.4) is 0 Å². The minimum Gasteiger partial charge on any atom is -0.390 e. The van der Waals surface area contributed by atoms with Crippen LogP contribution in [0.4, 0.5) is 0 Å². The first-order valence-corrected chi connectivity index (χ1v) is 6.49. The first kappa shape index (κ1) is 10.7. The van der Waals surface area contributed by atoms with E-state index in [2.05, 4.69) is 14.3 Å². The molecule has 5 nitrogen and oxygen atoms in total. The molecule has 0 aliphatic heterocycles. The van der Waals surface area contributed by atoms with Crippen molar-refractivity contribution in [3.8, 4) is 0 Å². The van der Waals surface area contributed by atoms with Crippen LogP contribution in [0, 0.1) is 0 Å². The smallest absolute Gasteiger partial charge is 0.176 e. The molecule has 0 atom stereocenters. The minimum atomic E-state index is -0.0493. The maximum Gasteiger partial charge on any atom is 0.176 e. The number of hydrogen-bond donors (Lipinski definition) is 1. The number of fused-ring (bicyclic) bond motifs is 1. The number of aromatic nitrogens is 4. The standard InChI is InChI=1S/C10H8N4OS2/c15-5-7-9(16-10-11-6-12-17-10)13-8-3-1-2-4-14(7)8/h1-4,6,15H,5H2. The van der Waals surface area contributed by atoms with E-state index in [9.17, 15) is 5.11 Å². The second kappa shape index (κ2) is 4.44. The summed E-state index contributed by atoms with van der Waals surface area (Å²) in [6.07, 6.45) is 3.40. The molecular weight excluding hydrogens is 256 g/mol. The van der Waals surface area contributed by atoms with Gasteiger partial charge in [0.2, 0.25) is 0 Å². The van der Waals surface area contributed by atoms with E-state index >= 15 is 0 Å². The molecule has 1 N–H and O–H groups in total. The fourth-order valence-corrected chi connectivity index (χ4v) is 3.02. The number of imidazole rings is 1. The Bertz CT molecular complexity index is 635. The molecule has 0 fully saturated rings. The average molecular weight is 264 g/mol. The summed E-state index contributed by atoms with van der Waals surface area (Å²) in [6, 6.07) is 5.74. The van der Waals surface area contributed by atoms with Gasteiger partial charge in [0.25, 0.3) is 0 Å². The second-order valence-electron chi connectivity index (χ2n) is 3.26. The van der Waals surface area contributed by atoms with E-state index in [-0.39, 0.29) is 6.61 Å². The van der Waals surface area contributed by atoms with Gasteiger partial charge in [-0.15, -0.1) is 0 Å². The van der Waals surface area contributed by atoms with Crippen molar-refractivity contribution in [3.05, 3.63) is 36.4 Å². The third-order valence-electron chi connectivity index (χ3n) is 2.27. The van der Waals surface area contributed by atoms with E-state index in [1.54, 1.807) is 0 Å². The number of hydrogen-bond acceptors (Lipinski definition) is 6. The molecule has 86 valence electrons. The SMILES string of the molecule is OCc1c(Sc2ncns2)nc2ccccn12. The van der Waals surface area contributed by atoms with E-state index in [0.29, 0.717) is 0 Å². The molecule has 0 aromatic carbocycles. The predicted molar refractivity (Wildman–Crippen MR) is 65.1 cm³/mol. The second-order valence-corrected chi connectivity index (χ2v) is 5.28. The zero-order valence-corrected chi connectivity index (χ0v) is 10.3. The molecule has 0 saturated carbocycles. The summed E-state index contributed by atoms with van der Waals surface area (Å²) in [5, 5.41) is 10.2. The third kappa shape index (κ3) is 1.92. The van der Waals surface area contributed by atoms with Crippen LogP contribution in [0.2, 0.25) is 0 Å².